The van der Waals surface area contributed by atoms with Gasteiger partial charge in [0.05, 0.1) is 24.7 Å². The number of halogens is 2. The number of aryl methyl sites for hydroxylation is 1. The lowest BCUT2D eigenvalue weighted by Gasteiger charge is -2.37. The monoisotopic (exact) mass is 1300 g/mol. The number of benzene rings is 3. The normalized spacial score (nSPS) is 23.7. The molecule has 94 heavy (non-hydrogen) atoms. The lowest BCUT2D eigenvalue weighted by molar-refractivity contribution is -0.147. The third-order valence-electron chi connectivity index (χ3n) is 17.0. The predicted molar refractivity (Wildman–Crippen MR) is 333 cm³/mol. The molecule has 0 radical (unpaired) electrons. The summed E-state index contributed by atoms with van der Waals surface area (Å²) in [4.78, 5) is 167. The van der Waals surface area contributed by atoms with Crippen LogP contribution in [0.15, 0.2) is 96.0 Å². The Hall–Kier alpha value is -10.7. The van der Waals surface area contributed by atoms with E-state index in [1.165, 1.54) is 109 Å². The molecule has 3 aromatic carbocycles. The van der Waals surface area contributed by atoms with Gasteiger partial charge in [-0.15, -0.1) is 5.10 Å². The van der Waals surface area contributed by atoms with E-state index < -0.39 is 150 Å². The number of hydrogen-bond acceptors (Lipinski definition) is 15. The number of aromatic hydroxyl groups is 1. The smallest absolute Gasteiger partial charge is 0.305 e. The molecule has 0 aliphatic carbocycles. The van der Waals surface area contributed by atoms with Gasteiger partial charge < -0.3 is 68.0 Å². The first-order chi connectivity index (χ1) is 44.9. The molecule has 3 aliphatic rings. The van der Waals surface area contributed by atoms with E-state index in [4.69, 9.17) is 5.73 Å². The second kappa shape index (κ2) is 30.2. The first-order valence-corrected chi connectivity index (χ1v) is 30.7. The number of rotatable bonds is 12. The van der Waals surface area contributed by atoms with Crippen LogP contribution in [0.3, 0.4) is 0 Å². The molecule has 9 rings (SSSR count). The average molecular weight is 1300 g/mol. The molecule has 3 aromatic heterocycles. The number of fused-ring (bicyclic) bond motifs is 5. The predicted octanol–water partition coefficient (Wildman–Crippen LogP) is 1.39. The zero-order valence-corrected chi connectivity index (χ0v) is 51.5. The number of H-pyrrole nitrogens is 2. The Bertz CT molecular complexity index is 3960. The van der Waals surface area contributed by atoms with Crippen LogP contribution in [-0.4, -0.2) is 166 Å². The number of phenolic OH excluding ortho intramolecular Hbond substituents is 1. The highest BCUT2D eigenvalue weighted by Gasteiger charge is 2.48. The second-order valence-electron chi connectivity index (χ2n) is 24.0. The number of primary amides is 1. The van der Waals surface area contributed by atoms with Crippen molar-refractivity contribution in [2.45, 2.75) is 146 Å². The largest absolute Gasteiger partial charge is 0.508 e. The van der Waals surface area contributed by atoms with E-state index in [0.717, 1.165) is 0 Å². The molecule has 28 nitrogen and oxygen atoms in total. The number of nitrogens with zero attached hydrogens (tertiary/aromatic N) is 5. The van der Waals surface area contributed by atoms with Gasteiger partial charge in [-0.3, -0.25) is 62.4 Å². The van der Waals surface area contributed by atoms with Crippen LogP contribution in [0.4, 0.5) is 8.78 Å². The number of ketones is 1. The second-order valence-corrected chi connectivity index (χ2v) is 24.0. The number of carbonyl (C=O) groups excluding carboxylic acids is 10. The molecule has 9 amide bonds. The van der Waals surface area contributed by atoms with Crippen LogP contribution in [0.25, 0.3) is 21.8 Å². The van der Waals surface area contributed by atoms with Gasteiger partial charge in [0.15, 0.2) is 5.78 Å². The maximum atomic E-state index is 15.1. The maximum Gasteiger partial charge on any atom is 0.305 e. The molecule has 0 spiro atoms. The number of nitrogens with one attached hydrogen (secondary N) is 9. The van der Waals surface area contributed by atoms with Crippen molar-refractivity contribution >= 4 is 92.9 Å². The van der Waals surface area contributed by atoms with E-state index in [0.29, 0.717) is 52.4 Å². The minimum atomic E-state index is -1.91. The van der Waals surface area contributed by atoms with Crippen molar-refractivity contribution in [1.29, 1.82) is 0 Å². The lowest BCUT2D eigenvalue weighted by Crippen LogP contribution is -2.62. The zero-order valence-electron chi connectivity index (χ0n) is 51.5. The number of hydrogen-bond donors (Lipinski definition) is 12. The Morgan fingerprint density at radius 3 is 1.99 bits per heavy atom. The van der Waals surface area contributed by atoms with Gasteiger partial charge in [-0.05, 0) is 116 Å². The fourth-order valence-corrected chi connectivity index (χ4v) is 12.0. The van der Waals surface area contributed by atoms with Crippen molar-refractivity contribution in [3.63, 3.8) is 0 Å². The van der Waals surface area contributed by atoms with Crippen molar-refractivity contribution < 1.29 is 71.7 Å². The highest BCUT2D eigenvalue weighted by atomic mass is 19.1. The summed E-state index contributed by atoms with van der Waals surface area (Å²) in [5, 5.41) is 47.6. The molecule has 3 aliphatic heterocycles. The van der Waals surface area contributed by atoms with Crippen LogP contribution in [0.5, 0.6) is 5.75 Å². The molecule has 1 fully saturated rings. The molecule has 6 heterocycles. The minimum Gasteiger partial charge on any atom is -0.508 e. The molecule has 8 atom stereocenters. The van der Waals surface area contributed by atoms with E-state index in [1.807, 2.05) is 0 Å². The van der Waals surface area contributed by atoms with Gasteiger partial charge in [0, 0.05) is 117 Å². The molecular formula is C64H73F2N15O13. The number of carboxylic acids is 1. The quantitative estimate of drug-likeness (QED) is 0.0824. The summed E-state index contributed by atoms with van der Waals surface area (Å²) in [5.41, 5.74) is 6.95. The number of carbonyl (C=O) groups is 11. The van der Waals surface area contributed by atoms with Gasteiger partial charge in [0.1, 0.15) is 53.1 Å². The van der Waals surface area contributed by atoms with Crippen molar-refractivity contribution in [3.05, 3.63) is 125 Å². The fourth-order valence-electron chi connectivity index (χ4n) is 12.0. The summed E-state index contributed by atoms with van der Waals surface area (Å²) < 4.78 is 31.2. The van der Waals surface area contributed by atoms with E-state index in [-0.39, 0.29) is 80.4 Å². The number of aliphatic imine (C=N–C) groups is 1. The Kier molecular flexibility index (Phi) is 21.7. The molecule has 1 saturated heterocycles. The van der Waals surface area contributed by atoms with Crippen molar-refractivity contribution in [3.8, 4) is 5.75 Å². The van der Waals surface area contributed by atoms with Crippen molar-refractivity contribution in [2.24, 2.45) is 16.6 Å². The van der Waals surface area contributed by atoms with Gasteiger partial charge in [-0.1, -0.05) is 17.3 Å². The Morgan fingerprint density at radius 1 is 0.734 bits per heavy atom. The minimum absolute atomic E-state index is 0.0318. The maximum absolute atomic E-state index is 15.1. The topological polar surface area (TPSA) is 416 Å². The Balaban J connectivity index is 1.08. The fraction of sp³-hybridized carbons (Fsp3) is 0.406. The number of carboxylic acid groups (broad SMARTS) is 1. The van der Waals surface area contributed by atoms with Crippen LogP contribution < -0.4 is 43.0 Å². The first-order valence-electron chi connectivity index (χ1n) is 30.7. The van der Waals surface area contributed by atoms with Crippen LogP contribution in [0.1, 0.15) is 94.0 Å². The number of aromatic amines is 2. The number of nitrogens with two attached hydrogens (primary N) is 1. The Labute approximate surface area is 536 Å². The highest BCUT2D eigenvalue weighted by molar-refractivity contribution is 6.00. The van der Waals surface area contributed by atoms with Gasteiger partial charge >= 0.3 is 5.97 Å². The molecule has 6 aromatic rings. The van der Waals surface area contributed by atoms with Crippen molar-refractivity contribution in [2.75, 3.05) is 13.1 Å². The van der Waals surface area contributed by atoms with Gasteiger partial charge in [0.25, 0.3) is 0 Å². The third kappa shape index (κ3) is 17.3. The van der Waals surface area contributed by atoms with E-state index in [1.54, 1.807) is 6.21 Å². The van der Waals surface area contributed by atoms with E-state index in [2.05, 4.69) is 62.5 Å². The van der Waals surface area contributed by atoms with Crippen LogP contribution in [-0.2, 0) is 85.0 Å². The lowest BCUT2D eigenvalue weighted by atomic mass is 9.89. The summed E-state index contributed by atoms with van der Waals surface area (Å²) >= 11 is 0. The van der Waals surface area contributed by atoms with Crippen molar-refractivity contribution in [1.82, 2.24) is 67.1 Å². The molecule has 0 saturated carbocycles. The summed E-state index contributed by atoms with van der Waals surface area (Å²) in [6, 6.07) is 4.12. The number of amides is 9. The number of allylic oxidation sites excluding steroid dienone is 1. The zero-order chi connectivity index (χ0) is 67.4. The van der Waals surface area contributed by atoms with E-state index >= 15 is 14.4 Å². The molecule has 13 N–H and O–H groups in total. The van der Waals surface area contributed by atoms with Gasteiger partial charge in [-0.25, -0.2) is 8.78 Å². The molecule has 2 bridgehead atoms. The number of phenols is 1. The molecule has 496 valence electrons. The highest BCUT2D eigenvalue weighted by Crippen LogP contribution is 2.32. The van der Waals surface area contributed by atoms with Gasteiger partial charge in [0.2, 0.25) is 53.2 Å². The SMILES string of the molecule is CC(=O)N[C@@H]1Cc2cn(nn2)CCCC[C@@H](C(N)=O)NC(=O)[C@]2(C)CCCN2C(=O)[C@H](Cc2ccc(O)cc2)NC(=O)[C@H](CC2=CN=CC2)CC(=O)[C@H](CC(=O)O)NC(=O)[C@H](Cc2c[nH]c3ccc(F)cc23)NC(=O)[C@H](Cc2c[nH]c3ccc(F)cc23)NC(=O)CNC1=O. The van der Waals surface area contributed by atoms with Crippen LogP contribution >= 0.6 is 0 Å². The number of Topliss-reactive ketones (excluding diaryl/α,β-unsaturated/α-hetero) is 1. The van der Waals surface area contributed by atoms with E-state index in [9.17, 15) is 57.4 Å². The Morgan fingerprint density at radius 2 is 1.37 bits per heavy atom. The number of aliphatic carboxylic acids is 1. The molecular weight excluding hydrogens is 1220 g/mol. The summed E-state index contributed by atoms with van der Waals surface area (Å²) in [6.07, 6.45) is 5.71. The average Bonchev–Trinajstić information content (AvgIpc) is 1.56. The van der Waals surface area contributed by atoms with Crippen LogP contribution in [0.2, 0.25) is 0 Å². The third-order valence-corrected chi connectivity index (χ3v) is 17.0. The summed E-state index contributed by atoms with van der Waals surface area (Å²) in [6.45, 7) is 2.16. The standard InChI is InChI=1S/C64H73F2N15O13/c1-34(82)72-52-27-42-33-80(79-78-42)18-4-3-6-48(57(67)88)77-63(94)64(2)16-5-19-81(64)62(93)53(21-35-7-11-43(83)12-8-35)76-58(89)37(20-36-15-17-68-29-36)24-54(84)49(28-56(86)87)74-61(92)51(23-39-31-70-47-14-10-41(66)26-45(39)47)75-60(91)50(73-55(85)32-71-59(52)90)22-38-30-69-46-13-9-40(65)25-44(38)46/h7-14,17,25-26,29-31,33,37,48-53,69-70,83H,3-6,15-16,18-24,27-28,32H2,1-2H3,(H2,67,88)(H,71,90)(H,72,82)(H,73,85)(H,74,92)(H,75,91)(H,76,89)(H,77,94)(H,86,87)/t37-,48+,49+,50+,51+,52-,53+,64+/m1/s1. The number of aromatic nitrogens is 5. The molecule has 0 unspecified atom stereocenters. The van der Waals surface area contributed by atoms with Crippen LogP contribution in [0, 0.1) is 17.6 Å². The summed E-state index contributed by atoms with van der Waals surface area (Å²) in [7, 11) is 0. The molecule has 30 heteroatoms. The summed E-state index contributed by atoms with van der Waals surface area (Å²) in [5.74, 6) is -13.1. The van der Waals surface area contributed by atoms with Gasteiger partial charge in [-0.2, -0.15) is 0 Å². The first kappa shape index (κ1) is 67.7.